The van der Waals surface area contributed by atoms with Crippen LogP contribution >= 0.6 is 0 Å². The van der Waals surface area contributed by atoms with E-state index in [0.717, 1.165) is 18.4 Å². The van der Waals surface area contributed by atoms with Gasteiger partial charge in [0.1, 0.15) is 0 Å². The summed E-state index contributed by atoms with van der Waals surface area (Å²) in [5.41, 5.74) is 0.869. The zero-order valence-corrected chi connectivity index (χ0v) is 16.4. The lowest BCUT2D eigenvalue weighted by Gasteiger charge is -2.25. The third-order valence-corrected chi connectivity index (χ3v) is 7.03. The van der Waals surface area contributed by atoms with Gasteiger partial charge in [-0.3, -0.25) is 4.79 Å². The summed E-state index contributed by atoms with van der Waals surface area (Å²) >= 11 is 0. The average Bonchev–Trinajstić information content (AvgIpc) is 2.65. The minimum Gasteiger partial charge on any atom is -0.395 e. The van der Waals surface area contributed by atoms with Crippen LogP contribution in [0.5, 0.6) is 0 Å². The van der Waals surface area contributed by atoms with Crippen molar-refractivity contribution < 1.29 is 18.3 Å². The minimum atomic E-state index is -3.43. The van der Waals surface area contributed by atoms with Crippen molar-refractivity contribution in [2.75, 3.05) is 12.4 Å². The molecule has 0 spiro atoms. The van der Waals surface area contributed by atoms with Crippen molar-refractivity contribution in [2.45, 2.75) is 63.3 Å². The molecule has 0 unspecified atom stereocenters. The normalized spacial score (nSPS) is 17.0. The highest BCUT2D eigenvalue weighted by atomic mass is 32.2. The number of benzene rings is 1. The van der Waals surface area contributed by atoms with Crippen LogP contribution in [0.3, 0.4) is 0 Å². The average molecular weight is 382 g/mol. The van der Waals surface area contributed by atoms with Crippen molar-refractivity contribution in [1.82, 2.24) is 5.32 Å². The van der Waals surface area contributed by atoms with Crippen LogP contribution in [0.25, 0.3) is 0 Å². The fraction of sp³-hybridized carbons (Fsp3) is 0.650. The Morgan fingerprint density at radius 3 is 2.42 bits per heavy atom. The quantitative estimate of drug-likeness (QED) is 0.689. The van der Waals surface area contributed by atoms with Gasteiger partial charge in [-0.05, 0) is 36.5 Å². The van der Waals surface area contributed by atoms with Gasteiger partial charge < -0.3 is 10.4 Å². The standard InChI is InChI=1S/C20H31NO4S/c1-2-18(14-16-6-4-3-5-7-16)20(23)21-15-17-8-10-19(11-9-17)26(24,25)13-12-22/h8-11,16,18,22H,2-7,12-15H2,1H3,(H,21,23)/t18-/m1/s1. The Morgan fingerprint density at radius 2 is 1.85 bits per heavy atom. The van der Waals surface area contributed by atoms with Crippen molar-refractivity contribution >= 4 is 15.7 Å². The Balaban J connectivity index is 1.87. The first-order valence-corrected chi connectivity index (χ1v) is 11.3. The molecule has 146 valence electrons. The molecule has 1 aromatic carbocycles. The lowest BCUT2D eigenvalue weighted by atomic mass is 9.82. The molecule has 0 radical (unpaired) electrons. The molecule has 1 aliphatic rings. The van der Waals surface area contributed by atoms with E-state index in [1.54, 1.807) is 12.1 Å². The van der Waals surface area contributed by atoms with Crippen LogP contribution in [0, 0.1) is 11.8 Å². The number of hydrogen-bond acceptors (Lipinski definition) is 4. The highest BCUT2D eigenvalue weighted by Crippen LogP contribution is 2.30. The lowest BCUT2D eigenvalue weighted by Crippen LogP contribution is -2.31. The molecule has 26 heavy (non-hydrogen) atoms. The van der Waals surface area contributed by atoms with E-state index in [4.69, 9.17) is 5.11 Å². The summed E-state index contributed by atoms with van der Waals surface area (Å²) < 4.78 is 23.8. The van der Waals surface area contributed by atoms with E-state index in [0.29, 0.717) is 12.5 Å². The maximum atomic E-state index is 12.5. The van der Waals surface area contributed by atoms with Gasteiger partial charge in [0.2, 0.25) is 5.91 Å². The number of rotatable bonds is 9. The molecule has 1 aliphatic carbocycles. The molecule has 0 saturated heterocycles. The molecular formula is C20H31NO4S. The van der Waals surface area contributed by atoms with Crippen LogP contribution in [0.2, 0.25) is 0 Å². The molecule has 1 aromatic rings. The smallest absolute Gasteiger partial charge is 0.223 e. The largest absolute Gasteiger partial charge is 0.395 e. The van der Waals surface area contributed by atoms with Gasteiger partial charge in [0.25, 0.3) is 0 Å². The van der Waals surface area contributed by atoms with Gasteiger partial charge in [-0.15, -0.1) is 0 Å². The van der Waals surface area contributed by atoms with E-state index in [1.165, 1.54) is 44.2 Å². The molecule has 0 aromatic heterocycles. The summed E-state index contributed by atoms with van der Waals surface area (Å²) in [6.07, 6.45) is 8.20. The zero-order valence-electron chi connectivity index (χ0n) is 15.6. The monoisotopic (exact) mass is 381 g/mol. The van der Waals surface area contributed by atoms with Gasteiger partial charge in [-0.25, -0.2) is 8.42 Å². The number of carbonyl (C=O) groups is 1. The van der Waals surface area contributed by atoms with Gasteiger partial charge in [0.05, 0.1) is 17.3 Å². The van der Waals surface area contributed by atoms with E-state index in [-0.39, 0.29) is 29.1 Å². The highest BCUT2D eigenvalue weighted by molar-refractivity contribution is 7.91. The van der Waals surface area contributed by atoms with Crippen molar-refractivity contribution in [3.05, 3.63) is 29.8 Å². The Kier molecular flexibility index (Phi) is 8.10. The van der Waals surface area contributed by atoms with Crippen LogP contribution < -0.4 is 5.32 Å². The van der Waals surface area contributed by atoms with Crippen LogP contribution in [0.15, 0.2) is 29.2 Å². The number of carbonyl (C=O) groups excluding carboxylic acids is 1. The molecule has 1 saturated carbocycles. The Labute approximate surface area is 157 Å². The molecule has 1 amide bonds. The summed E-state index contributed by atoms with van der Waals surface area (Å²) in [4.78, 5) is 12.7. The summed E-state index contributed by atoms with van der Waals surface area (Å²) in [5, 5.41) is 11.8. The van der Waals surface area contributed by atoms with E-state index in [2.05, 4.69) is 12.2 Å². The third kappa shape index (κ3) is 6.09. The van der Waals surface area contributed by atoms with Crippen molar-refractivity contribution in [3.8, 4) is 0 Å². The molecule has 0 heterocycles. The molecule has 0 bridgehead atoms. The molecule has 2 N–H and O–H groups in total. The number of hydrogen-bond donors (Lipinski definition) is 2. The van der Waals surface area contributed by atoms with Crippen LogP contribution in [0.1, 0.15) is 57.4 Å². The molecule has 1 fully saturated rings. The Hall–Kier alpha value is -1.40. The summed E-state index contributed by atoms with van der Waals surface area (Å²) in [6, 6.07) is 6.50. The van der Waals surface area contributed by atoms with Crippen molar-refractivity contribution in [2.24, 2.45) is 11.8 Å². The van der Waals surface area contributed by atoms with E-state index in [9.17, 15) is 13.2 Å². The van der Waals surface area contributed by atoms with Crippen LogP contribution in [0.4, 0.5) is 0 Å². The van der Waals surface area contributed by atoms with Gasteiger partial charge >= 0.3 is 0 Å². The number of amides is 1. The van der Waals surface area contributed by atoms with E-state index in [1.807, 2.05) is 0 Å². The molecular weight excluding hydrogens is 350 g/mol. The molecule has 5 nitrogen and oxygen atoms in total. The molecule has 6 heteroatoms. The van der Waals surface area contributed by atoms with Gasteiger partial charge in [0, 0.05) is 12.5 Å². The van der Waals surface area contributed by atoms with E-state index >= 15 is 0 Å². The first kappa shape index (κ1) is 20.9. The number of sulfone groups is 1. The lowest BCUT2D eigenvalue weighted by molar-refractivity contribution is -0.125. The summed E-state index contributed by atoms with van der Waals surface area (Å²) in [6.45, 7) is 2.08. The second kappa shape index (κ2) is 10.1. The summed E-state index contributed by atoms with van der Waals surface area (Å²) in [7, 11) is -3.43. The molecule has 1 atom stereocenters. The topological polar surface area (TPSA) is 83.5 Å². The van der Waals surface area contributed by atoms with Gasteiger partial charge in [-0.1, -0.05) is 51.2 Å². The highest BCUT2D eigenvalue weighted by Gasteiger charge is 2.23. The van der Waals surface area contributed by atoms with E-state index < -0.39 is 9.84 Å². The molecule has 0 aliphatic heterocycles. The number of aliphatic hydroxyl groups is 1. The predicted molar refractivity (Wildman–Crippen MR) is 102 cm³/mol. The second-order valence-corrected chi connectivity index (χ2v) is 9.36. The first-order valence-electron chi connectivity index (χ1n) is 9.66. The number of nitrogens with one attached hydrogen (secondary N) is 1. The molecule has 2 rings (SSSR count). The third-order valence-electron chi connectivity index (χ3n) is 5.32. The predicted octanol–water partition coefficient (Wildman–Crippen LogP) is 3.07. The van der Waals surface area contributed by atoms with Crippen molar-refractivity contribution in [3.63, 3.8) is 0 Å². The maximum Gasteiger partial charge on any atom is 0.223 e. The fourth-order valence-electron chi connectivity index (χ4n) is 3.67. The number of aliphatic hydroxyl groups excluding tert-OH is 1. The fourth-order valence-corrected chi connectivity index (χ4v) is 4.70. The van der Waals surface area contributed by atoms with Gasteiger partial charge in [-0.2, -0.15) is 0 Å². The van der Waals surface area contributed by atoms with Gasteiger partial charge in [0.15, 0.2) is 9.84 Å². The van der Waals surface area contributed by atoms with Crippen molar-refractivity contribution in [1.29, 1.82) is 0 Å². The summed E-state index contributed by atoms with van der Waals surface area (Å²) in [5.74, 6) is 0.551. The second-order valence-electron chi connectivity index (χ2n) is 7.25. The minimum absolute atomic E-state index is 0.0577. The Morgan fingerprint density at radius 1 is 1.19 bits per heavy atom. The van der Waals surface area contributed by atoms with Crippen LogP contribution in [-0.2, 0) is 21.2 Å². The maximum absolute atomic E-state index is 12.5. The Bertz CT molecular complexity index is 664. The first-order chi connectivity index (χ1) is 12.5. The zero-order chi connectivity index (χ0) is 19.0. The van der Waals surface area contributed by atoms with Crippen LogP contribution in [-0.4, -0.2) is 31.8 Å². The SMILES string of the molecule is CC[C@H](CC1CCCCC1)C(=O)NCc1ccc(S(=O)(=O)CCO)cc1.